The molecule has 1 aromatic carbocycles. The van der Waals surface area contributed by atoms with Crippen molar-refractivity contribution < 1.29 is 9.50 Å². The predicted octanol–water partition coefficient (Wildman–Crippen LogP) is 1.33. The van der Waals surface area contributed by atoms with Gasteiger partial charge in [0.25, 0.3) is 0 Å². The Morgan fingerprint density at radius 2 is 1.86 bits per heavy atom. The van der Waals surface area contributed by atoms with E-state index in [1.54, 1.807) is 18.3 Å². The molecule has 0 saturated carbocycles. The number of nitrogens with zero attached hydrogens (tertiary/aromatic N) is 3. The summed E-state index contributed by atoms with van der Waals surface area (Å²) < 4.78 is 14.0. The molecule has 1 aliphatic heterocycles. The van der Waals surface area contributed by atoms with Gasteiger partial charge in [-0.25, -0.2) is 4.39 Å². The number of nitrogens with one attached hydrogen (secondary N) is 1. The standard InChI is InChI=1S/C16H21FN4O/c17-15-4-2-1-3-14(15)16-13(11-18-19-16)12-21-7-5-20(6-8-21)9-10-22/h1-4,11,22H,5-10,12H2,(H,18,19). The Bertz CT molecular complexity index is 608. The first kappa shape index (κ1) is 15.1. The molecular weight excluding hydrogens is 283 g/mol. The highest BCUT2D eigenvalue weighted by Gasteiger charge is 2.19. The Hall–Kier alpha value is -1.76. The molecule has 1 aromatic heterocycles. The van der Waals surface area contributed by atoms with E-state index in [-0.39, 0.29) is 12.4 Å². The predicted molar refractivity (Wildman–Crippen MR) is 82.8 cm³/mol. The van der Waals surface area contributed by atoms with Gasteiger partial charge >= 0.3 is 0 Å². The van der Waals surface area contributed by atoms with Crippen LogP contribution in [0.25, 0.3) is 11.3 Å². The third-order valence-corrected chi connectivity index (χ3v) is 4.14. The summed E-state index contributed by atoms with van der Waals surface area (Å²) in [5.74, 6) is -0.235. The van der Waals surface area contributed by atoms with Crippen LogP contribution in [-0.2, 0) is 6.54 Å². The number of rotatable bonds is 5. The molecule has 0 unspecified atom stereocenters. The minimum absolute atomic E-state index is 0.208. The second kappa shape index (κ2) is 7.00. The zero-order valence-electron chi connectivity index (χ0n) is 12.5. The average Bonchev–Trinajstić information content (AvgIpc) is 2.98. The highest BCUT2D eigenvalue weighted by molar-refractivity contribution is 5.63. The first-order chi connectivity index (χ1) is 10.8. The van der Waals surface area contributed by atoms with Crippen LogP contribution in [0, 0.1) is 5.82 Å². The van der Waals surface area contributed by atoms with E-state index in [1.807, 2.05) is 6.07 Å². The van der Waals surface area contributed by atoms with Crippen molar-refractivity contribution in [2.75, 3.05) is 39.3 Å². The van der Waals surface area contributed by atoms with Gasteiger partial charge in [0.1, 0.15) is 5.82 Å². The van der Waals surface area contributed by atoms with Gasteiger partial charge < -0.3 is 5.11 Å². The topological polar surface area (TPSA) is 55.4 Å². The van der Waals surface area contributed by atoms with Crippen LogP contribution in [0.4, 0.5) is 4.39 Å². The van der Waals surface area contributed by atoms with Crippen molar-refractivity contribution in [3.8, 4) is 11.3 Å². The van der Waals surface area contributed by atoms with Gasteiger partial charge in [-0.05, 0) is 12.1 Å². The molecule has 118 valence electrons. The van der Waals surface area contributed by atoms with E-state index in [4.69, 9.17) is 5.11 Å². The molecule has 3 rings (SSSR count). The number of hydrogen-bond donors (Lipinski definition) is 2. The quantitative estimate of drug-likeness (QED) is 0.875. The zero-order chi connectivity index (χ0) is 15.4. The van der Waals surface area contributed by atoms with Crippen LogP contribution >= 0.6 is 0 Å². The van der Waals surface area contributed by atoms with Crippen LogP contribution in [0.5, 0.6) is 0 Å². The van der Waals surface area contributed by atoms with Gasteiger partial charge in [-0.15, -0.1) is 0 Å². The Morgan fingerprint density at radius 3 is 2.59 bits per heavy atom. The monoisotopic (exact) mass is 304 g/mol. The van der Waals surface area contributed by atoms with Gasteiger partial charge in [-0.1, -0.05) is 12.1 Å². The molecule has 2 N–H and O–H groups in total. The van der Waals surface area contributed by atoms with Crippen LogP contribution in [0.15, 0.2) is 30.5 Å². The Morgan fingerprint density at radius 1 is 1.14 bits per heavy atom. The molecule has 1 fully saturated rings. The number of aromatic nitrogens is 2. The highest BCUT2D eigenvalue weighted by Crippen LogP contribution is 2.25. The maximum absolute atomic E-state index is 14.0. The normalized spacial score (nSPS) is 17.0. The van der Waals surface area contributed by atoms with E-state index in [0.29, 0.717) is 5.56 Å². The minimum Gasteiger partial charge on any atom is -0.395 e. The Kier molecular flexibility index (Phi) is 4.82. The van der Waals surface area contributed by atoms with Crippen LogP contribution < -0.4 is 0 Å². The summed E-state index contributed by atoms with van der Waals surface area (Å²) in [4.78, 5) is 4.59. The lowest BCUT2D eigenvalue weighted by atomic mass is 10.1. The maximum atomic E-state index is 14.0. The van der Waals surface area contributed by atoms with Gasteiger partial charge in [-0.3, -0.25) is 14.9 Å². The second-order valence-corrected chi connectivity index (χ2v) is 5.59. The van der Waals surface area contributed by atoms with Crippen molar-refractivity contribution in [2.45, 2.75) is 6.54 Å². The van der Waals surface area contributed by atoms with E-state index in [0.717, 1.165) is 50.5 Å². The van der Waals surface area contributed by atoms with Crippen LogP contribution in [0.1, 0.15) is 5.56 Å². The van der Waals surface area contributed by atoms with Crippen molar-refractivity contribution in [1.29, 1.82) is 0 Å². The Labute approximate surface area is 129 Å². The van der Waals surface area contributed by atoms with E-state index in [2.05, 4.69) is 20.0 Å². The molecule has 0 radical (unpaired) electrons. The van der Waals surface area contributed by atoms with Crippen molar-refractivity contribution in [3.63, 3.8) is 0 Å². The number of aliphatic hydroxyl groups is 1. The molecule has 0 spiro atoms. The molecule has 22 heavy (non-hydrogen) atoms. The number of H-pyrrole nitrogens is 1. The molecular formula is C16H21FN4O. The zero-order valence-corrected chi connectivity index (χ0v) is 12.5. The van der Waals surface area contributed by atoms with Gasteiger partial charge in [0.15, 0.2) is 0 Å². The molecule has 0 bridgehead atoms. The van der Waals surface area contributed by atoms with Crippen LogP contribution in [0.3, 0.4) is 0 Å². The van der Waals surface area contributed by atoms with Gasteiger partial charge in [0.2, 0.25) is 0 Å². The summed E-state index contributed by atoms with van der Waals surface area (Å²) >= 11 is 0. The van der Waals surface area contributed by atoms with E-state index >= 15 is 0 Å². The highest BCUT2D eigenvalue weighted by atomic mass is 19.1. The molecule has 1 aliphatic rings. The summed E-state index contributed by atoms with van der Waals surface area (Å²) in [5, 5.41) is 16.0. The number of piperazine rings is 1. The number of aromatic amines is 1. The van der Waals surface area contributed by atoms with Crippen LogP contribution in [0.2, 0.25) is 0 Å². The first-order valence-electron chi connectivity index (χ1n) is 7.60. The molecule has 1 saturated heterocycles. The molecule has 6 heteroatoms. The number of hydrogen-bond acceptors (Lipinski definition) is 4. The van der Waals surface area contributed by atoms with Gasteiger partial charge in [-0.2, -0.15) is 5.10 Å². The summed E-state index contributed by atoms with van der Waals surface area (Å²) in [5.41, 5.74) is 2.34. The van der Waals surface area contributed by atoms with Crippen molar-refractivity contribution in [2.24, 2.45) is 0 Å². The largest absolute Gasteiger partial charge is 0.395 e. The van der Waals surface area contributed by atoms with Crippen molar-refractivity contribution in [1.82, 2.24) is 20.0 Å². The van der Waals surface area contributed by atoms with E-state index in [9.17, 15) is 4.39 Å². The lowest BCUT2D eigenvalue weighted by molar-refractivity contribution is 0.108. The molecule has 0 aliphatic carbocycles. The van der Waals surface area contributed by atoms with E-state index in [1.165, 1.54) is 6.07 Å². The summed E-state index contributed by atoms with van der Waals surface area (Å²) in [6.07, 6.45) is 1.78. The Balaban J connectivity index is 1.68. The number of aliphatic hydroxyl groups excluding tert-OH is 1. The number of β-amino-alcohol motifs (C(OH)–C–C–N with tert-alkyl or cyclic N) is 1. The third-order valence-electron chi connectivity index (χ3n) is 4.14. The smallest absolute Gasteiger partial charge is 0.132 e. The second-order valence-electron chi connectivity index (χ2n) is 5.59. The summed E-state index contributed by atoms with van der Waals surface area (Å²) in [6, 6.07) is 6.76. The average molecular weight is 304 g/mol. The third kappa shape index (κ3) is 3.35. The molecule has 0 atom stereocenters. The summed E-state index contributed by atoms with van der Waals surface area (Å²) in [7, 11) is 0. The van der Waals surface area contributed by atoms with E-state index < -0.39 is 0 Å². The maximum Gasteiger partial charge on any atom is 0.132 e. The summed E-state index contributed by atoms with van der Waals surface area (Å²) in [6.45, 7) is 5.50. The SMILES string of the molecule is OCCN1CCN(Cc2cn[nH]c2-c2ccccc2F)CC1. The fraction of sp³-hybridized carbons (Fsp3) is 0.438. The van der Waals surface area contributed by atoms with Gasteiger partial charge in [0.05, 0.1) is 18.5 Å². The molecule has 2 aromatic rings. The molecule has 0 amide bonds. The van der Waals surface area contributed by atoms with Crippen molar-refractivity contribution in [3.05, 3.63) is 41.8 Å². The fourth-order valence-electron chi connectivity index (χ4n) is 2.88. The van der Waals surface area contributed by atoms with Crippen molar-refractivity contribution >= 4 is 0 Å². The number of benzene rings is 1. The lowest BCUT2D eigenvalue weighted by Crippen LogP contribution is -2.46. The molecule has 2 heterocycles. The number of halogens is 1. The minimum atomic E-state index is -0.235. The van der Waals surface area contributed by atoms with Crippen LogP contribution in [-0.4, -0.2) is 64.4 Å². The van der Waals surface area contributed by atoms with Gasteiger partial charge in [0, 0.05) is 50.4 Å². The fourth-order valence-corrected chi connectivity index (χ4v) is 2.88. The molecule has 5 nitrogen and oxygen atoms in total. The lowest BCUT2D eigenvalue weighted by Gasteiger charge is -2.34. The first-order valence-corrected chi connectivity index (χ1v) is 7.60.